The molecule has 0 amide bonds. The number of nitrogens with one attached hydrogen (secondary N) is 1. The molecule has 0 saturated carbocycles. The molecule has 3 rings (SSSR count). The van der Waals surface area contributed by atoms with Gasteiger partial charge in [0.05, 0.1) is 0 Å². The average molecular weight is 272 g/mol. The van der Waals surface area contributed by atoms with Crippen molar-refractivity contribution in [2.75, 3.05) is 32.0 Å². The third-order valence-corrected chi connectivity index (χ3v) is 3.81. The number of hydrogen-bond acceptors (Lipinski definition) is 5. The van der Waals surface area contributed by atoms with E-state index in [0.29, 0.717) is 5.89 Å². The Morgan fingerprint density at radius 3 is 2.90 bits per heavy atom. The molecular weight excluding hydrogens is 252 g/mol. The lowest BCUT2D eigenvalue weighted by Crippen LogP contribution is -2.35. The van der Waals surface area contributed by atoms with Gasteiger partial charge in [-0.15, -0.1) is 10.2 Å². The summed E-state index contributed by atoms with van der Waals surface area (Å²) >= 11 is 0. The number of likely N-dealkylation sites (tertiary alicyclic amines) is 1. The maximum atomic E-state index is 5.18. The zero-order valence-corrected chi connectivity index (χ0v) is 11.7. The molecule has 1 atom stereocenters. The van der Waals surface area contributed by atoms with Gasteiger partial charge >= 0.3 is 0 Å². The lowest BCUT2D eigenvalue weighted by atomic mass is 9.98. The normalized spacial score (nSPS) is 19.9. The molecule has 1 saturated heterocycles. The maximum Gasteiger partial charge on any atom is 0.247 e. The van der Waals surface area contributed by atoms with Gasteiger partial charge in [0.1, 0.15) is 0 Å². The number of aromatic nitrogens is 2. The van der Waals surface area contributed by atoms with Gasteiger partial charge in [-0.1, -0.05) is 0 Å². The second-order valence-corrected chi connectivity index (χ2v) is 5.47. The van der Waals surface area contributed by atoms with Crippen molar-refractivity contribution in [2.45, 2.75) is 12.8 Å². The summed E-state index contributed by atoms with van der Waals surface area (Å²) in [6, 6.07) is 8.13. The molecule has 5 heteroatoms. The van der Waals surface area contributed by atoms with Gasteiger partial charge in [0.15, 0.2) is 0 Å². The first-order valence-electron chi connectivity index (χ1n) is 7.10. The van der Waals surface area contributed by atoms with Crippen molar-refractivity contribution >= 4 is 5.69 Å². The molecule has 1 fully saturated rings. The Balaban J connectivity index is 1.56. The zero-order valence-electron chi connectivity index (χ0n) is 11.7. The predicted octanol–water partition coefficient (Wildman–Crippen LogP) is 2.49. The first kappa shape index (κ1) is 13.1. The highest BCUT2D eigenvalue weighted by atomic mass is 16.4. The molecule has 1 aliphatic rings. The third-order valence-electron chi connectivity index (χ3n) is 3.81. The van der Waals surface area contributed by atoms with Crippen molar-refractivity contribution in [3.8, 4) is 11.5 Å². The first-order valence-corrected chi connectivity index (χ1v) is 7.10. The summed E-state index contributed by atoms with van der Waals surface area (Å²) in [5.41, 5.74) is 2.09. The number of rotatable bonds is 4. The number of anilines is 1. The van der Waals surface area contributed by atoms with Gasteiger partial charge in [-0.05, 0) is 56.6 Å². The van der Waals surface area contributed by atoms with Crippen molar-refractivity contribution in [3.05, 3.63) is 30.7 Å². The summed E-state index contributed by atoms with van der Waals surface area (Å²) in [7, 11) is 2.20. The fourth-order valence-electron chi connectivity index (χ4n) is 2.73. The van der Waals surface area contributed by atoms with E-state index in [4.69, 9.17) is 4.42 Å². The molecule has 2 aromatic rings. The van der Waals surface area contributed by atoms with Crippen molar-refractivity contribution < 1.29 is 4.42 Å². The molecule has 1 aliphatic heterocycles. The second-order valence-electron chi connectivity index (χ2n) is 5.47. The number of benzene rings is 1. The van der Waals surface area contributed by atoms with Gasteiger partial charge in [0.2, 0.25) is 12.3 Å². The Kier molecular flexibility index (Phi) is 3.97. The Bertz CT molecular complexity index is 523. The van der Waals surface area contributed by atoms with Crippen LogP contribution in [0.4, 0.5) is 5.69 Å². The standard InChI is InChI=1S/C15H20N4O/c1-19-8-2-3-12(10-19)9-16-14-6-4-13(5-7-14)15-18-17-11-20-15/h4-7,11-12,16H,2-3,8-10H2,1H3. The molecule has 0 spiro atoms. The van der Waals surface area contributed by atoms with Crippen molar-refractivity contribution in [2.24, 2.45) is 5.92 Å². The Morgan fingerprint density at radius 2 is 2.20 bits per heavy atom. The van der Waals surface area contributed by atoms with Gasteiger partial charge in [-0.3, -0.25) is 0 Å². The molecule has 1 unspecified atom stereocenters. The molecule has 5 nitrogen and oxygen atoms in total. The van der Waals surface area contributed by atoms with Crippen LogP contribution >= 0.6 is 0 Å². The number of hydrogen-bond donors (Lipinski definition) is 1. The van der Waals surface area contributed by atoms with Crippen molar-refractivity contribution in [1.29, 1.82) is 0 Å². The summed E-state index contributed by atoms with van der Waals surface area (Å²) in [6.45, 7) is 3.45. The van der Waals surface area contributed by atoms with Gasteiger partial charge in [-0.2, -0.15) is 0 Å². The SMILES string of the molecule is CN1CCCC(CNc2ccc(-c3nnco3)cc2)C1. The van der Waals surface area contributed by atoms with Crippen LogP contribution in [0.2, 0.25) is 0 Å². The highest BCUT2D eigenvalue weighted by Crippen LogP contribution is 2.20. The van der Waals surface area contributed by atoms with Crippen LogP contribution in [0.15, 0.2) is 35.1 Å². The van der Waals surface area contributed by atoms with Crippen LogP contribution in [0.25, 0.3) is 11.5 Å². The predicted molar refractivity (Wildman–Crippen MR) is 78.4 cm³/mol. The van der Waals surface area contributed by atoms with Crippen LogP contribution in [-0.2, 0) is 0 Å². The van der Waals surface area contributed by atoms with Gasteiger partial charge in [-0.25, -0.2) is 0 Å². The summed E-state index contributed by atoms with van der Waals surface area (Å²) in [4.78, 5) is 2.41. The largest absolute Gasteiger partial charge is 0.423 e. The minimum Gasteiger partial charge on any atom is -0.423 e. The molecule has 1 aromatic heterocycles. The summed E-state index contributed by atoms with van der Waals surface area (Å²) < 4.78 is 5.18. The third kappa shape index (κ3) is 3.17. The molecular formula is C15H20N4O. The molecule has 0 aliphatic carbocycles. The van der Waals surface area contributed by atoms with Crippen LogP contribution < -0.4 is 5.32 Å². The molecule has 0 bridgehead atoms. The minimum absolute atomic E-state index is 0.561. The Morgan fingerprint density at radius 1 is 1.35 bits per heavy atom. The average Bonchev–Trinajstić information content (AvgIpc) is 3.00. The molecule has 106 valence electrons. The Hall–Kier alpha value is -1.88. The Labute approximate surface area is 119 Å². The lowest BCUT2D eigenvalue weighted by molar-refractivity contribution is 0.217. The summed E-state index contributed by atoms with van der Waals surface area (Å²) in [5.74, 6) is 1.30. The van der Waals surface area contributed by atoms with E-state index in [2.05, 4.69) is 39.6 Å². The van der Waals surface area contributed by atoms with E-state index in [1.807, 2.05) is 12.1 Å². The minimum atomic E-state index is 0.561. The highest BCUT2D eigenvalue weighted by molar-refractivity contribution is 5.58. The summed E-state index contributed by atoms with van der Waals surface area (Å²) in [5, 5.41) is 11.1. The van der Waals surface area contributed by atoms with Crippen molar-refractivity contribution in [3.63, 3.8) is 0 Å². The van der Waals surface area contributed by atoms with E-state index in [9.17, 15) is 0 Å². The molecule has 1 N–H and O–H groups in total. The number of nitrogens with zero attached hydrogens (tertiary/aromatic N) is 3. The van der Waals surface area contributed by atoms with Gasteiger partial charge < -0.3 is 14.6 Å². The van der Waals surface area contributed by atoms with E-state index < -0.39 is 0 Å². The van der Waals surface area contributed by atoms with Crippen LogP contribution in [0, 0.1) is 5.92 Å². The van der Waals surface area contributed by atoms with E-state index in [-0.39, 0.29) is 0 Å². The topological polar surface area (TPSA) is 54.2 Å². The van der Waals surface area contributed by atoms with Crippen LogP contribution in [0.3, 0.4) is 0 Å². The van der Waals surface area contributed by atoms with Crippen LogP contribution in [-0.4, -0.2) is 41.8 Å². The number of piperidine rings is 1. The molecule has 2 heterocycles. The lowest BCUT2D eigenvalue weighted by Gasteiger charge is -2.29. The molecule has 20 heavy (non-hydrogen) atoms. The fourth-order valence-corrected chi connectivity index (χ4v) is 2.73. The first-order chi connectivity index (χ1) is 9.81. The monoisotopic (exact) mass is 272 g/mol. The van der Waals surface area contributed by atoms with E-state index in [1.165, 1.54) is 32.3 Å². The van der Waals surface area contributed by atoms with E-state index in [0.717, 1.165) is 23.7 Å². The second kappa shape index (κ2) is 6.05. The van der Waals surface area contributed by atoms with E-state index in [1.54, 1.807) is 0 Å². The molecule has 1 aromatic carbocycles. The van der Waals surface area contributed by atoms with Gasteiger partial charge in [0.25, 0.3) is 0 Å². The van der Waals surface area contributed by atoms with Crippen LogP contribution in [0.1, 0.15) is 12.8 Å². The summed E-state index contributed by atoms with van der Waals surface area (Å²) in [6.07, 6.45) is 3.97. The van der Waals surface area contributed by atoms with Crippen LogP contribution in [0.5, 0.6) is 0 Å². The maximum absolute atomic E-state index is 5.18. The van der Waals surface area contributed by atoms with E-state index >= 15 is 0 Å². The highest BCUT2D eigenvalue weighted by Gasteiger charge is 2.16. The zero-order chi connectivity index (χ0) is 13.8. The smallest absolute Gasteiger partial charge is 0.247 e. The van der Waals surface area contributed by atoms with Gasteiger partial charge in [0, 0.05) is 24.3 Å². The van der Waals surface area contributed by atoms with Crippen molar-refractivity contribution in [1.82, 2.24) is 15.1 Å². The quantitative estimate of drug-likeness (QED) is 0.926. The molecule has 0 radical (unpaired) electrons. The fraction of sp³-hybridized carbons (Fsp3) is 0.467.